The summed E-state index contributed by atoms with van der Waals surface area (Å²) in [6.07, 6.45) is 0. The van der Waals surface area contributed by atoms with Crippen molar-refractivity contribution in [1.29, 1.82) is 0 Å². The Hall–Kier alpha value is -1.33. The minimum absolute atomic E-state index is 0.0301. The van der Waals surface area contributed by atoms with E-state index in [2.05, 4.69) is 17.1 Å². The molecule has 0 aliphatic carbocycles. The summed E-state index contributed by atoms with van der Waals surface area (Å²) in [7, 11) is 4.04. The molecule has 0 fully saturated rings. The number of carbonyl (C=O) groups is 1. The number of aromatic carboxylic acids is 1. The van der Waals surface area contributed by atoms with Gasteiger partial charge < -0.3 is 19.7 Å². The van der Waals surface area contributed by atoms with Gasteiger partial charge in [-0.15, -0.1) is 0 Å². The maximum absolute atomic E-state index is 10.8. The number of rotatable bonds is 6. The number of furan rings is 1. The van der Waals surface area contributed by atoms with Gasteiger partial charge in [-0.3, -0.25) is 0 Å². The average Bonchev–Trinajstić information content (AvgIpc) is 2.59. The summed E-state index contributed by atoms with van der Waals surface area (Å²) in [6.45, 7) is 5.23. The molecule has 2 N–H and O–H groups in total. The van der Waals surface area contributed by atoms with E-state index in [0.29, 0.717) is 23.9 Å². The zero-order valence-electron chi connectivity index (χ0n) is 10.8. The van der Waals surface area contributed by atoms with Crippen molar-refractivity contribution >= 4 is 5.97 Å². The number of nitrogens with zero attached hydrogens (tertiary/aromatic N) is 1. The lowest BCUT2D eigenvalue weighted by atomic mass is 10.2. The molecule has 0 bridgehead atoms. The van der Waals surface area contributed by atoms with Crippen molar-refractivity contribution in [2.45, 2.75) is 26.4 Å². The molecule has 0 aromatic carbocycles. The largest absolute Gasteiger partial charge is 0.475 e. The Balaban J connectivity index is 2.48. The van der Waals surface area contributed by atoms with Crippen LogP contribution in [0.3, 0.4) is 0 Å². The van der Waals surface area contributed by atoms with Crippen molar-refractivity contribution in [3.8, 4) is 0 Å². The lowest BCUT2D eigenvalue weighted by Crippen LogP contribution is -2.35. The first-order chi connectivity index (χ1) is 7.91. The van der Waals surface area contributed by atoms with Crippen LogP contribution in [-0.2, 0) is 6.54 Å². The third-order valence-corrected chi connectivity index (χ3v) is 2.78. The minimum Gasteiger partial charge on any atom is -0.475 e. The lowest BCUT2D eigenvalue weighted by molar-refractivity contribution is 0.0659. The van der Waals surface area contributed by atoms with Crippen molar-refractivity contribution in [2.75, 3.05) is 20.6 Å². The zero-order valence-corrected chi connectivity index (χ0v) is 10.8. The van der Waals surface area contributed by atoms with Gasteiger partial charge >= 0.3 is 5.97 Å². The van der Waals surface area contributed by atoms with Crippen molar-refractivity contribution in [3.63, 3.8) is 0 Å². The van der Waals surface area contributed by atoms with Crippen molar-refractivity contribution in [1.82, 2.24) is 10.2 Å². The molecule has 1 unspecified atom stereocenters. The lowest BCUT2D eigenvalue weighted by Gasteiger charge is -2.19. The van der Waals surface area contributed by atoms with Crippen LogP contribution in [-0.4, -0.2) is 42.7 Å². The highest BCUT2D eigenvalue weighted by molar-refractivity contribution is 5.86. The Morgan fingerprint density at radius 1 is 1.59 bits per heavy atom. The van der Waals surface area contributed by atoms with E-state index in [1.165, 1.54) is 0 Å². The van der Waals surface area contributed by atoms with Gasteiger partial charge in [-0.05, 0) is 34.0 Å². The molecule has 1 heterocycles. The van der Waals surface area contributed by atoms with Crippen LogP contribution < -0.4 is 5.32 Å². The van der Waals surface area contributed by atoms with E-state index in [4.69, 9.17) is 9.52 Å². The fourth-order valence-electron chi connectivity index (χ4n) is 1.43. The molecule has 96 valence electrons. The molecule has 0 aliphatic heterocycles. The number of likely N-dealkylation sites (N-methyl/N-ethyl adjacent to an activating group) is 1. The van der Waals surface area contributed by atoms with Crippen LogP contribution >= 0.6 is 0 Å². The van der Waals surface area contributed by atoms with E-state index in [0.717, 1.165) is 6.54 Å². The van der Waals surface area contributed by atoms with Crippen LogP contribution in [0, 0.1) is 6.92 Å². The molecule has 0 radical (unpaired) electrons. The molecule has 5 nitrogen and oxygen atoms in total. The van der Waals surface area contributed by atoms with Crippen LogP contribution in [0.5, 0.6) is 0 Å². The van der Waals surface area contributed by atoms with Gasteiger partial charge in [0.1, 0.15) is 5.76 Å². The van der Waals surface area contributed by atoms with E-state index in [-0.39, 0.29) is 5.76 Å². The number of hydrogen-bond acceptors (Lipinski definition) is 4. The van der Waals surface area contributed by atoms with Gasteiger partial charge in [0.2, 0.25) is 5.76 Å². The molecule has 1 atom stereocenters. The zero-order chi connectivity index (χ0) is 13.0. The third-order valence-electron chi connectivity index (χ3n) is 2.78. The van der Waals surface area contributed by atoms with Crippen molar-refractivity contribution < 1.29 is 14.3 Å². The maximum Gasteiger partial charge on any atom is 0.372 e. The second-order valence-corrected chi connectivity index (χ2v) is 4.47. The van der Waals surface area contributed by atoms with E-state index < -0.39 is 5.97 Å². The topological polar surface area (TPSA) is 65.7 Å². The highest BCUT2D eigenvalue weighted by Gasteiger charge is 2.14. The molecule has 1 rings (SSSR count). The molecular formula is C12H20N2O3. The van der Waals surface area contributed by atoms with Gasteiger partial charge in [0, 0.05) is 18.2 Å². The van der Waals surface area contributed by atoms with E-state index in [1.807, 2.05) is 14.1 Å². The normalized spacial score (nSPS) is 13.0. The Morgan fingerprint density at radius 3 is 2.71 bits per heavy atom. The van der Waals surface area contributed by atoms with Crippen LogP contribution in [0.1, 0.15) is 28.8 Å². The van der Waals surface area contributed by atoms with Crippen LogP contribution in [0.4, 0.5) is 0 Å². The Bertz CT molecular complexity index is 385. The van der Waals surface area contributed by atoms with Gasteiger partial charge in [0.15, 0.2) is 0 Å². The molecule has 0 aliphatic rings. The highest BCUT2D eigenvalue weighted by Crippen LogP contribution is 2.14. The first kappa shape index (κ1) is 13.7. The highest BCUT2D eigenvalue weighted by atomic mass is 16.4. The first-order valence-corrected chi connectivity index (χ1v) is 5.61. The second kappa shape index (κ2) is 5.84. The molecule has 17 heavy (non-hydrogen) atoms. The van der Waals surface area contributed by atoms with Crippen molar-refractivity contribution in [3.05, 3.63) is 23.2 Å². The summed E-state index contributed by atoms with van der Waals surface area (Å²) in [5.41, 5.74) is 0.662. The fraction of sp³-hybridized carbons (Fsp3) is 0.583. The minimum atomic E-state index is -1.02. The van der Waals surface area contributed by atoms with Crippen LogP contribution in [0.2, 0.25) is 0 Å². The van der Waals surface area contributed by atoms with Crippen LogP contribution in [0.15, 0.2) is 10.5 Å². The van der Waals surface area contributed by atoms with Gasteiger partial charge in [0.25, 0.3) is 0 Å². The summed E-state index contributed by atoms with van der Waals surface area (Å²) in [4.78, 5) is 12.9. The summed E-state index contributed by atoms with van der Waals surface area (Å²) < 4.78 is 5.24. The van der Waals surface area contributed by atoms with Crippen molar-refractivity contribution in [2.24, 2.45) is 0 Å². The monoisotopic (exact) mass is 240 g/mol. The summed E-state index contributed by atoms with van der Waals surface area (Å²) in [6, 6.07) is 2.18. The Morgan fingerprint density at radius 2 is 2.24 bits per heavy atom. The molecule has 0 amide bonds. The van der Waals surface area contributed by atoms with Gasteiger partial charge in [-0.2, -0.15) is 0 Å². The Kier molecular flexibility index (Phi) is 4.72. The molecular weight excluding hydrogens is 220 g/mol. The van der Waals surface area contributed by atoms with E-state index >= 15 is 0 Å². The summed E-state index contributed by atoms with van der Waals surface area (Å²) >= 11 is 0. The molecule has 1 aromatic heterocycles. The summed E-state index contributed by atoms with van der Waals surface area (Å²) in [5, 5.41) is 12.1. The second-order valence-electron chi connectivity index (χ2n) is 4.47. The molecule has 0 saturated heterocycles. The fourth-order valence-corrected chi connectivity index (χ4v) is 1.43. The van der Waals surface area contributed by atoms with E-state index in [1.54, 1.807) is 13.0 Å². The van der Waals surface area contributed by atoms with Crippen LogP contribution in [0.25, 0.3) is 0 Å². The van der Waals surface area contributed by atoms with Gasteiger partial charge in [0.05, 0.1) is 6.54 Å². The molecule has 0 saturated carbocycles. The number of nitrogens with one attached hydrogen (secondary N) is 1. The van der Waals surface area contributed by atoms with Gasteiger partial charge in [-0.1, -0.05) is 0 Å². The number of carboxylic acids is 1. The molecule has 0 spiro atoms. The smallest absolute Gasteiger partial charge is 0.372 e. The van der Waals surface area contributed by atoms with E-state index in [9.17, 15) is 4.79 Å². The average molecular weight is 240 g/mol. The third kappa shape index (κ3) is 3.87. The SMILES string of the molecule is Cc1cc(CNCC(C)N(C)C)oc1C(=O)O. The first-order valence-electron chi connectivity index (χ1n) is 5.61. The number of hydrogen-bond donors (Lipinski definition) is 2. The quantitative estimate of drug-likeness (QED) is 0.785. The predicted molar refractivity (Wildman–Crippen MR) is 65.3 cm³/mol. The molecule has 1 aromatic rings. The number of aryl methyl sites for hydroxylation is 1. The molecule has 5 heteroatoms. The maximum atomic E-state index is 10.8. The Labute approximate surface area is 101 Å². The summed E-state index contributed by atoms with van der Waals surface area (Å²) in [5.74, 6) is -0.330. The predicted octanol–water partition coefficient (Wildman–Crippen LogP) is 1.33. The van der Waals surface area contributed by atoms with Gasteiger partial charge in [-0.25, -0.2) is 4.79 Å². The number of carboxylic acid groups (broad SMARTS) is 1. The standard InChI is InChI=1S/C12H20N2O3/c1-8-5-10(17-11(8)12(15)16)7-13-6-9(2)14(3)4/h5,9,13H,6-7H2,1-4H3,(H,15,16).